The van der Waals surface area contributed by atoms with Crippen LogP contribution in [-0.2, 0) is 0 Å². The zero-order chi connectivity index (χ0) is 17.5. The predicted octanol–water partition coefficient (Wildman–Crippen LogP) is 3.69. The monoisotopic (exact) mass is 367 g/mol. The van der Waals surface area contributed by atoms with Gasteiger partial charge in [0.1, 0.15) is 10.8 Å². The molecule has 5 nitrogen and oxygen atoms in total. The third-order valence-corrected chi connectivity index (χ3v) is 5.98. The van der Waals surface area contributed by atoms with Crippen molar-refractivity contribution >= 4 is 27.5 Å². The smallest absolute Gasteiger partial charge is 0.225 e. The second-order valence-electron chi connectivity index (χ2n) is 6.65. The van der Waals surface area contributed by atoms with Crippen LogP contribution in [-0.4, -0.2) is 34.6 Å². The van der Waals surface area contributed by atoms with Gasteiger partial charge in [0.15, 0.2) is 5.65 Å². The number of nitrogens with zero attached hydrogens (tertiary/aromatic N) is 4. The Hall–Kier alpha value is -2.54. The first kappa shape index (κ1) is 15.7. The summed E-state index contributed by atoms with van der Waals surface area (Å²) in [6.45, 7) is 2.75. The van der Waals surface area contributed by atoms with Gasteiger partial charge in [-0.2, -0.15) is 4.39 Å². The fraction of sp³-hybridized carbons (Fsp3) is 0.316. The van der Waals surface area contributed by atoms with Crippen molar-refractivity contribution in [3.05, 3.63) is 48.2 Å². The molecule has 1 fully saturated rings. The molecule has 0 aromatic carbocycles. The van der Waals surface area contributed by atoms with E-state index in [1.165, 1.54) is 11.3 Å². The molecule has 1 unspecified atom stereocenters. The number of anilines is 1. The van der Waals surface area contributed by atoms with E-state index in [4.69, 9.17) is 0 Å². The van der Waals surface area contributed by atoms with Crippen molar-refractivity contribution in [3.63, 3.8) is 0 Å². The van der Waals surface area contributed by atoms with Gasteiger partial charge in [0.25, 0.3) is 0 Å². The van der Waals surface area contributed by atoms with E-state index in [1.54, 1.807) is 6.07 Å². The standard InChI is InChI=1S/C19H18FN5S/c20-17-13(3-6-16(23-17)25-9-1-2-10-25)19-24-18-15(26-19)5-4-14(22-18)12-7-8-21-11-12/h3-8,12,21H,1-2,9-11H2. The number of nitrogens with one attached hydrogen (secondary N) is 1. The van der Waals surface area contributed by atoms with E-state index in [0.717, 1.165) is 42.9 Å². The van der Waals surface area contributed by atoms with Crippen molar-refractivity contribution in [1.82, 2.24) is 20.3 Å². The minimum atomic E-state index is -0.461. The molecular weight excluding hydrogens is 349 g/mol. The molecule has 132 valence electrons. The number of fused-ring (bicyclic) bond motifs is 1. The fourth-order valence-electron chi connectivity index (χ4n) is 3.51. The van der Waals surface area contributed by atoms with Gasteiger partial charge < -0.3 is 10.2 Å². The molecule has 0 aliphatic carbocycles. The van der Waals surface area contributed by atoms with Gasteiger partial charge >= 0.3 is 0 Å². The van der Waals surface area contributed by atoms with Crippen LogP contribution < -0.4 is 10.2 Å². The Morgan fingerprint density at radius 1 is 1.08 bits per heavy atom. The lowest BCUT2D eigenvalue weighted by Gasteiger charge is -2.16. The minimum absolute atomic E-state index is 0.266. The molecule has 5 heterocycles. The Morgan fingerprint density at radius 3 is 2.73 bits per heavy atom. The van der Waals surface area contributed by atoms with Gasteiger partial charge in [-0.05, 0) is 43.3 Å². The summed E-state index contributed by atoms with van der Waals surface area (Å²) in [6.07, 6.45) is 6.33. The van der Waals surface area contributed by atoms with Gasteiger partial charge in [0.05, 0.1) is 16.0 Å². The molecule has 0 saturated carbocycles. The van der Waals surface area contributed by atoms with Gasteiger partial charge in [-0.1, -0.05) is 6.08 Å². The quantitative estimate of drug-likeness (QED) is 0.716. The summed E-state index contributed by atoms with van der Waals surface area (Å²) in [7, 11) is 0. The highest BCUT2D eigenvalue weighted by Crippen LogP contribution is 2.33. The van der Waals surface area contributed by atoms with Crippen LogP contribution in [0.1, 0.15) is 24.5 Å². The first-order valence-electron chi connectivity index (χ1n) is 8.87. The van der Waals surface area contributed by atoms with E-state index in [-0.39, 0.29) is 5.92 Å². The summed E-state index contributed by atoms with van der Waals surface area (Å²) < 4.78 is 15.6. The van der Waals surface area contributed by atoms with E-state index < -0.39 is 5.95 Å². The molecular formula is C19H18FN5S. The molecule has 26 heavy (non-hydrogen) atoms. The van der Waals surface area contributed by atoms with Gasteiger partial charge in [-0.3, -0.25) is 0 Å². The van der Waals surface area contributed by atoms with Crippen molar-refractivity contribution < 1.29 is 4.39 Å². The summed E-state index contributed by atoms with van der Waals surface area (Å²) in [5, 5.41) is 3.81. The number of hydrogen-bond donors (Lipinski definition) is 1. The van der Waals surface area contributed by atoms with E-state index in [0.29, 0.717) is 22.0 Å². The molecule has 5 rings (SSSR count). The van der Waals surface area contributed by atoms with Gasteiger partial charge in [-0.25, -0.2) is 15.0 Å². The molecule has 0 bridgehead atoms. The average molecular weight is 367 g/mol. The first-order chi connectivity index (χ1) is 12.8. The second-order valence-corrected chi connectivity index (χ2v) is 7.68. The van der Waals surface area contributed by atoms with Crippen molar-refractivity contribution in [2.45, 2.75) is 18.8 Å². The summed E-state index contributed by atoms with van der Waals surface area (Å²) in [4.78, 5) is 15.5. The topological polar surface area (TPSA) is 53.9 Å². The molecule has 2 aliphatic rings. The molecule has 3 aromatic heterocycles. The minimum Gasteiger partial charge on any atom is -0.390 e. The van der Waals surface area contributed by atoms with Gasteiger partial charge in [-0.15, -0.1) is 11.3 Å². The third kappa shape index (κ3) is 2.72. The van der Waals surface area contributed by atoms with Crippen molar-refractivity contribution in [2.24, 2.45) is 0 Å². The number of halogens is 1. The molecule has 3 aromatic rings. The first-order valence-corrected chi connectivity index (χ1v) is 9.69. The second kappa shape index (κ2) is 6.32. The molecule has 0 radical (unpaired) electrons. The van der Waals surface area contributed by atoms with E-state index in [1.807, 2.05) is 24.4 Å². The Kier molecular flexibility index (Phi) is 3.81. The summed E-state index contributed by atoms with van der Waals surface area (Å²) in [5.41, 5.74) is 2.10. The molecule has 1 saturated heterocycles. The normalized spacial score (nSPS) is 19.4. The van der Waals surface area contributed by atoms with Crippen LogP contribution in [0.5, 0.6) is 0 Å². The molecule has 1 N–H and O–H groups in total. The lowest BCUT2D eigenvalue weighted by Crippen LogP contribution is -2.19. The van der Waals surface area contributed by atoms with Crippen molar-refractivity contribution in [2.75, 3.05) is 24.5 Å². The Labute approximate surface area is 154 Å². The number of pyridine rings is 2. The van der Waals surface area contributed by atoms with E-state index in [9.17, 15) is 4.39 Å². The van der Waals surface area contributed by atoms with E-state index >= 15 is 0 Å². The van der Waals surface area contributed by atoms with Crippen LogP contribution in [0.15, 0.2) is 36.5 Å². The highest BCUT2D eigenvalue weighted by atomic mass is 32.1. The number of aromatic nitrogens is 3. The van der Waals surface area contributed by atoms with Crippen LogP contribution in [0.2, 0.25) is 0 Å². The van der Waals surface area contributed by atoms with Gasteiger partial charge in [0.2, 0.25) is 5.95 Å². The fourth-order valence-corrected chi connectivity index (χ4v) is 4.43. The zero-order valence-corrected chi connectivity index (χ0v) is 15.0. The van der Waals surface area contributed by atoms with Crippen LogP contribution in [0, 0.1) is 5.95 Å². The number of hydrogen-bond acceptors (Lipinski definition) is 6. The Bertz CT molecular complexity index is 993. The molecule has 7 heteroatoms. The maximum absolute atomic E-state index is 14.6. The van der Waals surface area contributed by atoms with E-state index in [2.05, 4.69) is 31.2 Å². The van der Waals surface area contributed by atoms with Crippen LogP contribution in [0.4, 0.5) is 10.2 Å². The lowest BCUT2D eigenvalue weighted by atomic mass is 10.1. The molecule has 1 atom stereocenters. The zero-order valence-electron chi connectivity index (χ0n) is 14.2. The van der Waals surface area contributed by atoms with Crippen molar-refractivity contribution in [3.8, 4) is 10.6 Å². The third-order valence-electron chi connectivity index (χ3n) is 4.93. The maximum Gasteiger partial charge on any atom is 0.225 e. The Morgan fingerprint density at radius 2 is 1.96 bits per heavy atom. The van der Waals surface area contributed by atoms with Crippen LogP contribution in [0.25, 0.3) is 20.9 Å². The highest BCUT2D eigenvalue weighted by Gasteiger charge is 2.19. The van der Waals surface area contributed by atoms with Crippen molar-refractivity contribution in [1.29, 1.82) is 0 Å². The summed E-state index contributed by atoms with van der Waals surface area (Å²) in [6, 6.07) is 7.73. The van der Waals surface area contributed by atoms with Crippen LogP contribution in [0.3, 0.4) is 0 Å². The number of rotatable bonds is 3. The largest absolute Gasteiger partial charge is 0.390 e. The molecule has 2 aliphatic heterocycles. The predicted molar refractivity (Wildman–Crippen MR) is 102 cm³/mol. The maximum atomic E-state index is 14.6. The SMILES string of the molecule is Fc1nc(N2CCCC2)ccc1-c1nc2nc(C3C=CNC3)ccc2s1. The summed E-state index contributed by atoms with van der Waals surface area (Å²) >= 11 is 1.45. The lowest BCUT2D eigenvalue weighted by molar-refractivity contribution is 0.586. The van der Waals surface area contributed by atoms with Crippen LogP contribution >= 0.6 is 11.3 Å². The molecule has 0 amide bonds. The summed E-state index contributed by atoms with van der Waals surface area (Å²) in [5.74, 6) is 0.519. The number of thiazole rings is 1. The highest BCUT2D eigenvalue weighted by molar-refractivity contribution is 7.21. The Balaban J connectivity index is 1.49. The average Bonchev–Trinajstić information content (AvgIpc) is 3.41. The molecule has 0 spiro atoms. The van der Waals surface area contributed by atoms with Gasteiger partial charge in [0, 0.05) is 25.6 Å².